The van der Waals surface area contributed by atoms with Gasteiger partial charge in [-0.2, -0.15) is 5.26 Å². The van der Waals surface area contributed by atoms with Crippen LogP contribution in [0.4, 0.5) is 0 Å². The van der Waals surface area contributed by atoms with Gasteiger partial charge in [0, 0.05) is 19.5 Å². The standard InChI is InChI=1S/C8H17N3/c1-11(2)8-7-10-6-4-3-5-9/h10H,3-4,6-8H2,1-2H3. The molecule has 11 heavy (non-hydrogen) atoms. The molecule has 0 heterocycles. The average Bonchev–Trinajstić information content (AvgIpc) is 1.96. The van der Waals surface area contributed by atoms with E-state index in [4.69, 9.17) is 5.26 Å². The van der Waals surface area contributed by atoms with E-state index in [0.717, 1.165) is 26.1 Å². The van der Waals surface area contributed by atoms with E-state index >= 15 is 0 Å². The van der Waals surface area contributed by atoms with Crippen molar-refractivity contribution in [1.29, 1.82) is 5.26 Å². The van der Waals surface area contributed by atoms with Gasteiger partial charge >= 0.3 is 0 Å². The van der Waals surface area contributed by atoms with Gasteiger partial charge in [-0.15, -0.1) is 0 Å². The van der Waals surface area contributed by atoms with Gasteiger partial charge < -0.3 is 10.2 Å². The number of nitriles is 1. The van der Waals surface area contributed by atoms with Crippen LogP contribution in [0.25, 0.3) is 0 Å². The summed E-state index contributed by atoms with van der Waals surface area (Å²) in [5.41, 5.74) is 0. The second-order valence-corrected chi connectivity index (χ2v) is 2.81. The molecule has 0 aromatic rings. The quantitative estimate of drug-likeness (QED) is 0.566. The lowest BCUT2D eigenvalue weighted by atomic mass is 10.3. The molecule has 0 amide bonds. The van der Waals surface area contributed by atoms with Crippen LogP contribution in [0.5, 0.6) is 0 Å². The van der Waals surface area contributed by atoms with Crippen molar-refractivity contribution >= 4 is 0 Å². The van der Waals surface area contributed by atoms with Crippen molar-refractivity contribution in [2.75, 3.05) is 33.7 Å². The van der Waals surface area contributed by atoms with Crippen molar-refractivity contribution in [3.63, 3.8) is 0 Å². The second-order valence-electron chi connectivity index (χ2n) is 2.81. The molecular weight excluding hydrogens is 138 g/mol. The minimum atomic E-state index is 0.662. The highest BCUT2D eigenvalue weighted by Crippen LogP contribution is 1.82. The Labute approximate surface area is 69.0 Å². The van der Waals surface area contributed by atoms with Gasteiger partial charge in [0.15, 0.2) is 0 Å². The van der Waals surface area contributed by atoms with Crippen LogP contribution in [0.2, 0.25) is 0 Å². The monoisotopic (exact) mass is 155 g/mol. The summed E-state index contributed by atoms with van der Waals surface area (Å²) in [6, 6.07) is 2.12. The first kappa shape index (κ1) is 10.4. The number of nitrogens with zero attached hydrogens (tertiary/aromatic N) is 2. The van der Waals surface area contributed by atoms with Crippen LogP contribution in [0.3, 0.4) is 0 Å². The largest absolute Gasteiger partial charge is 0.315 e. The Morgan fingerprint density at radius 2 is 2.09 bits per heavy atom. The Morgan fingerprint density at radius 3 is 2.64 bits per heavy atom. The molecule has 0 unspecified atom stereocenters. The minimum Gasteiger partial charge on any atom is -0.315 e. The number of hydrogen-bond donors (Lipinski definition) is 1. The SMILES string of the molecule is CN(C)CCNCCCC#N. The lowest BCUT2D eigenvalue weighted by Crippen LogP contribution is -2.27. The van der Waals surface area contributed by atoms with E-state index in [1.165, 1.54) is 0 Å². The molecule has 0 rings (SSSR count). The molecule has 0 aliphatic carbocycles. The highest BCUT2D eigenvalue weighted by atomic mass is 15.1. The lowest BCUT2D eigenvalue weighted by Gasteiger charge is -2.09. The molecule has 3 nitrogen and oxygen atoms in total. The zero-order valence-electron chi connectivity index (χ0n) is 7.43. The van der Waals surface area contributed by atoms with Crippen molar-refractivity contribution in [3.8, 4) is 6.07 Å². The van der Waals surface area contributed by atoms with Crippen molar-refractivity contribution in [1.82, 2.24) is 10.2 Å². The van der Waals surface area contributed by atoms with Crippen molar-refractivity contribution in [3.05, 3.63) is 0 Å². The highest BCUT2D eigenvalue weighted by Gasteiger charge is 1.89. The summed E-state index contributed by atoms with van der Waals surface area (Å²) < 4.78 is 0. The van der Waals surface area contributed by atoms with E-state index in [9.17, 15) is 0 Å². The molecule has 64 valence electrons. The maximum absolute atomic E-state index is 8.23. The maximum Gasteiger partial charge on any atom is 0.0622 e. The molecule has 3 heteroatoms. The Kier molecular flexibility index (Phi) is 7.11. The Morgan fingerprint density at radius 1 is 1.36 bits per heavy atom. The molecule has 0 aliphatic heterocycles. The molecule has 0 aliphatic rings. The Hall–Kier alpha value is -0.590. The van der Waals surface area contributed by atoms with Gasteiger partial charge in [-0.25, -0.2) is 0 Å². The molecule has 0 atom stereocenters. The molecule has 0 fully saturated rings. The normalized spacial score (nSPS) is 10.0. The summed E-state index contributed by atoms with van der Waals surface area (Å²) in [6.07, 6.45) is 1.62. The number of hydrogen-bond acceptors (Lipinski definition) is 3. The van der Waals surface area contributed by atoms with E-state index in [2.05, 4.69) is 30.4 Å². The smallest absolute Gasteiger partial charge is 0.0622 e. The summed E-state index contributed by atoms with van der Waals surface area (Å²) in [5, 5.41) is 11.5. The van der Waals surface area contributed by atoms with Gasteiger partial charge in [0.1, 0.15) is 0 Å². The molecule has 0 aromatic heterocycles. The van der Waals surface area contributed by atoms with Gasteiger partial charge in [-0.05, 0) is 27.1 Å². The van der Waals surface area contributed by atoms with E-state index in [-0.39, 0.29) is 0 Å². The van der Waals surface area contributed by atoms with E-state index < -0.39 is 0 Å². The predicted molar refractivity (Wildman–Crippen MR) is 46.3 cm³/mol. The number of unbranched alkanes of at least 4 members (excludes halogenated alkanes) is 1. The molecule has 0 radical (unpaired) electrons. The van der Waals surface area contributed by atoms with E-state index in [1.54, 1.807) is 0 Å². The minimum absolute atomic E-state index is 0.662. The third kappa shape index (κ3) is 9.41. The fourth-order valence-electron chi connectivity index (χ4n) is 0.720. The predicted octanol–water partition coefficient (Wildman–Crippen LogP) is 0.441. The molecule has 0 aromatic carbocycles. The first-order chi connectivity index (χ1) is 5.27. The molecule has 0 bridgehead atoms. The van der Waals surface area contributed by atoms with Gasteiger partial charge in [0.2, 0.25) is 0 Å². The summed E-state index contributed by atoms with van der Waals surface area (Å²) in [7, 11) is 4.11. The number of nitrogens with one attached hydrogen (secondary N) is 1. The van der Waals surface area contributed by atoms with Crippen LogP contribution in [0.15, 0.2) is 0 Å². The summed E-state index contributed by atoms with van der Waals surface area (Å²) in [5.74, 6) is 0. The third-order valence-electron chi connectivity index (χ3n) is 1.38. The third-order valence-corrected chi connectivity index (χ3v) is 1.38. The van der Waals surface area contributed by atoms with Crippen molar-refractivity contribution in [2.24, 2.45) is 0 Å². The number of rotatable bonds is 6. The first-order valence-corrected chi connectivity index (χ1v) is 3.99. The van der Waals surface area contributed by atoms with Gasteiger partial charge in [0.05, 0.1) is 6.07 Å². The van der Waals surface area contributed by atoms with E-state index in [1.807, 2.05) is 0 Å². The fraction of sp³-hybridized carbons (Fsp3) is 0.875. The molecule has 0 spiro atoms. The number of likely N-dealkylation sites (N-methyl/N-ethyl adjacent to an activating group) is 1. The zero-order valence-corrected chi connectivity index (χ0v) is 7.43. The average molecular weight is 155 g/mol. The topological polar surface area (TPSA) is 39.1 Å². The van der Waals surface area contributed by atoms with Crippen LogP contribution in [0.1, 0.15) is 12.8 Å². The van der Waals surface area contributed by atoms with Gasteiger partial charge in [-0.1, -0.05) is 0 Å². The first-order valence-electron chi connectivity index (χ1n) is 3.99. The second kappa shape index (κ2) is 7.52. The van der Waals surface area contributed by atoms with Crippen LogP contribution in [0, 0.1) is 11.3 Å². The Balaban J connectivity index is 2.86. The summed E-state index contributed by atoms with van der Waals surface area (Å²) in [4.78, 5) is 2.14. The van der Waals surface area contributed by atoms with E-state index in [0.29, 0.717) is 6.42 Å². The molecule has 0 saturated heterocycles. The lowest BCUT2D eigenvalue weighted by molar-refractivity contribution is 0.400. The van der Waals surface area contributed by atoms with Crippen LogP contribution in [-0.2, 0) is 0 Å². The van der Waals surface area contributed by atoms with Gasteiger partial charge in [0.25, 0.3) is 0 Å². The summed E-state index contributed by atoms with van der Waals surface area (Å²) >= 11 is 0. The Bertz CT molecular complexity index is 115. The highest BCUT2D eigenvalue weighted by molar-refractivity contribution is 4.68. The van der Waals surface area contributed by atoms with Crippen molar-refractivity contribution < 1.29 is 0 Å². The van der Waals surface area contributed by atoms with Crippen LogP contribution < -0.4 is 5.32 Å². The van der Waals surface area contributed by atoms with Crippen molar-refractivity contribution in [2.45, 2.75) is 12.8 Å². The maximum atomic E-state index is 8.23. The van der Waals surface area contributed by atoms with Crippen LogP contribution in [-0.4, -0.2) is 38.6 Å². The zero-order chi connectivity index (χ0) is 8.53. The van der Waals surface area contributed by atoms with Crippen LogP contribution >= 0.6 is 0 Å². The van der Waals surface area contributed by atoms with Gasteiger partial charge in [-0.3, -0.25) is 0 Å². The molecular formula is C8H17N3. The summed E-state index contributed by atoms with van der Waals surface area (Å²) in [6.45, 7) is 3.03. The molecule has 1 N–H and O–H groups in total. The fourth-order valence-corrected chi connectivity index (χ4v) is 0.720. The molecule has 0 saturated carbocycles.